The molecule has 0 saturated heterocycles. The Balaban J connectivity index is 4.31. The summed E-state index contributed by atoms with van der Waals surface area (Å²) in [4.78, 5) is 23.6. The third kappa shape index (κ3) is 4.26. The topological polar surface area (TPSA) is 118 Å². The second-order valence-electron chi connectivity index (χ2n) is 3.31. The van der Waals surface area contributed by atoms with Gasteiger partial charge < -0.3 is 5.73 Å². The lowest BCUT2D eigenvalue weighted by Crippen LogP contribution is -2.48. The molecule has 4 N–H and O–H groups in total. The highest BCUT2D eigenvalue weighted by Crippen LogP contribution is 1.95. The normalized spacial score (nSPS) is 13.6. The van der Waals surface area contributed by atoms with Crippen molar-refractivity contribution in [1.82, 2.24) is 10.3 Å². The minimum atomic E-state index is -3.59. The highest BCUT2D eigenvalue weighted by atomic mass is 32.2. The molecule has 0 aliphatic heterocycles. The molecule has 88 valence electrons. The van der Waals surface area contributed by atoms with Crippen LogP contribution in [0.2, 0.25) is 0 Å². The molecule has 15 heavy (non-hydrogen) atoms. The number of amides is 2. The first-order valence-electron chi connectivity index (χ1n) is 4.28. The summed E-state index contributed by atoms with van der Waals surface area (Å²) in [5.41, 5.74) is 6.77. The third-order valence-electron chi connectivity index (χ3n) is 1.76. The number of rotatable bonds is 5. The van der Waals surface area contributed by atoms with Gasteiger partial charge in [-0.15, -0.1) is 4.83 Å². The fourth-order valence-corrected chi connectivity index (χ4v) is 0.955. The van der Waals surface area contributed by atoms with Crippen LogP contribution in [0.15, 0.2) is 0 Å². The van der Waals surface area contributed by atoms with E-state index in [2.05, 4.69) is 0 Å². The molecule has 0 aromatic rings. The van der Waals surface area contributed by atoms with Gasteiger partial charge in [-0.1, -0.05) is 0 Å². The van der Waals surface area contributed by atoms with Gasteiger partial charge in [0, 0.05) is 0 Å². The first-order valence-corrected chi connectivity index (χ1v) is 5.83. The standard InChI is InChI=1S/C7H15N3O4S/c1-4(2)15(13,14)10-9-7(12)5(3)6(8)11/h4-5,10H,1-3H3,(H2,8,11)(H,9,12). The Bertz CT molecular complexity index is 349. The maximum Gasteiger partial charge on any atom is 0.247 e. The number of hydrazine groups is 1. The van der Waals surface area contributed by atoms with Crippen LogP contribution in [-0.2, 0) is 19.6 Å². The van der Waals surface area contributed by atoms with E-state index in [9.17, 15) is 18.0 Å². The van der Waals surface area contributed by atoms with Crippen molar-refractivity contribution in [2.24, 2.45) is 11.7 Å². The number of hydrogen-bond donors (Lipinski definition) is 3. The minimum absolute atomic E-state index is 0.679. The summed E-state index contributed by atoms with van der Waals surface area (Å²) in [7, 11) is -3.59. The molecule has 1 unspecified atom stereocenters. The molecule has 0 bridgehead atoms. The van der Waals surface area contributed by atoms with Gasteiger partial charge in [0.05, 0.1) is 5.25 Å². The van der Waals surface area contributed by atoms with Crippen LogP contribution in [-0.4, -0.2) is 25.5 Å². The van der Waals surface area contributed by atoms with Crippen molar-refractivity contribution in [1.29, 1.82) is 0 Å². The number of carbonyl (C=O) groups excluding carboxylic acids is 2. The first kappa shape index (κ1) is 13.8. The molecule has 2 amide bonds. The highest BCUT2D eigenvalue weighted by Gasteiger charge is 2.21. The Morgan fingerprint density at radius 2 is 1.67 bits per heavy atom. The minimum Gasteiger partial charge on any atom is -0.369 e. The average Bonchev–Trinajstić information content (AvgIpc) is 2.12. The van der Waals surface area contributed by atoms with Gasteiger partial charge >= 0.3 is 0 Å². The molecule has 1 atom stereocenters. The Kier molecular flexibility index (Phi) is 4.69. The quantitative estimate of drug-likeness (QED) is 0.397. The molecule has 0 saturated carbocycles. The Hall–Kier alpha value is -1.15. The molecule has 0 aliphatic rings. The molecule has 0 heterocycles. The van der Waals surface area contributed by atoms with E-state index in [-0.39, 0.29) is 0 Å². The fraction of sp³-hybridized carbons (Fsp3) is 0.714. The monoisotopic (exact) mass is 237 g/mol. The Morgan fingerprint density at radius 1 is 1.20 bits per heavy atom. The van der Waals surface area contributed by atoms with Gasteiger partial charge in [0.25, 0.3) is 0 Å². The molecule has 0 aromatic heterocycles. The fourth-order valence-electron chi connectivity index (χ4n) is 0.477. The number of nitrogens with one attached hydrogen (secondary N) is 2. The lowest BCUT2D eigenvalue weighted by atomic mass is 10.1. The Labute approximate surface area is 88.4 Å². The lowest BCUT2D eigenvalue weighted by Gasteiger charge is -2.12. The number of carbonyl (C=O) groups is 2. The van der Waals surface area contributed by atoms with Gasteiger partial charge in [0.1, 0.15) is 5.92 Å². The van der Waals surface area contributed by atoms with Crippen molar-refractivity contribution in [2.75, 3.05) is 0 Å². The van der Waals surface area contributed by atoms with E-state index in [0.717, 1.165) is 0 Å². The van der Waals surface area contributed by atoms with Crippen molar-refractivity contribution in [3.63, 3.8) is 0 Å². The van der Waals surface area contributed by atoms with Crippen LogP contribution in [0.25, 0.3) is 0 Å². The first-order chi connectivity index (χ1) is 6.68. The zero-order valence-electron chi connectivity index (χ0n) is 8.77. The molecule has 0 fully saturated rings. The SMILES string of the molecule is CC(C(N)=O)C(=O)NNS(=O)(=O)C(C)C. The predicted molar refractivity (Wildman–Crippen MR) is 53.7 cm³/mol. The van der Waals surface area contributed by atoms with E-state index in [1.807, 2.05) is 10.3 Å². The summed E-state index contributed by atoms with van der Waals surface area (Å²) in [5.74, 6) is -2.69. The summed E-state index contributed by atoms with van der Waals surface area (Å²) < 4.78 is 22.4. The van der Waals surface area contributed by atoms with Crippen LogP contribution in [0.4, 0.5) is 0 Å². The molecular formula is C7H15N3O4S. The number of sulfonamides is 1. The van der Waals surface area contributed by atoms with Crippen LogP contribution in [0.3, 0.4) is 0 Å². The molecule has 7 nitrogen and oxygen atoms in total. The van der Waals surface area contributed by atoms with Crippen molar-refractivity contribution >= 4 is 21.8 Å². The largest absolute Gasteiger partial charge is 0.369 e. The van der Waals surface area contributed by atoms with Gasteiger partial charge in [0.2, 0.25) is 21.8 Å². The van der Waals surface area contributed by atoms with Crippen LogP contribution < -0.4 is 16.0 Å². The molecule has 0 aromatic carbocycles. The smallest absolute Gasteiger partial charge is 0.247 e. The van der Waals surface area contributed by atoms with Crippen molar-refractivity contribution in [3.8, 4) is 0 Å². The molecule has 0 aliphatic carbocycles. The maximum absolute atomic E-state index is 11.2. The lowest BCUT2D eigenvalue weighted by molar-refractivity contribution is -0.133. The van der Waals surface area contributed by atoms with Crippen LogP contribution in [0.5, 0.6) is 0 Å². The van der Waals surface area contributed by atoms with Crippen molar-refractivity contribution in [3.05, 3.63) is 0 Å². The summed E-state index contributed by atoms with van der Waals surface area (Å²) in [6, 6.07) is 0. The van der Waals surface area contributed by atoms with Gasteiger partial charge in [-0.2, -0.15) is 0 Å². The molecular weight excluding hydrogens is 222 g/mol. The van der Waals surface area contributed by atoms with Crippen LogP contribution >= 0.6 is 0 Å². The van der Waals surface area contributed by atoms with E-state index in [1.54, 1.807) is 0 Å². The van der Waals surface area contributed by atoms with Crippen LogP contribution in [0.1, 0.15) is 20.8 Å². The highest BCUT2D eigenvalue weighted by molar-refractivity contribution is 7.90. The summed E-state index contributed by atoms with van der Waals surface area (Å²) in [6.07, 6.45) is 0. The summed E-state index contributed by atoms with van der Waals surface area (Å²) >= 11 is 0. The third-order valence-corrected chi connectivity index (χ3v) is 3.38. The van der Waals surface area contributed by atoms with E-state index in [1.165, 1.54) is 20.8 Å². The number of primary amides is 1. The van der Waals surface area contributed by atoms with Crippen molar-refractivity contribution < 1.29 is 18.0 Å². The molecule has 0 rings (SSSR count). The number of nitrogens with two attached hydrogens (primary N) is 1. The van der Waals surface area contributed by atoms with E-state index in [4.69, 9.17) is 5.73 Å². The Morgan fingerprint density at radius 3 is 2.00 bits per heavy atom. The van der Waals surface area contributed by atoms with Gasteiger partial charge in [-0.25, -0.2) is 8.42 Å². The summed E-state index contributed by atoms with van der Waals surface area (Å²) in [6.45, 7) is 4.18. The second kappa shape index (κ2) is 5.08. The molecule has 8 heteroatoms. The van der Waals surface area contributed by atoms with Gasteiger partial charge in [-0.05, 0) is 20.8 Å². The van der Waals surface area contributed by atoms with Gasteiger partial charge in [-0.3, -0.25) is 15.0 Å². The molecule has 0 radical (unpaired) electrons. The van der Waals surface area contributed by atoms with E-state index >= 15 is 0 Å². The summed E-state index contributed by atoms with van der Waals surface area (Å²) in [5, 5.41) is -0.679. The average molecular weight is 237 g/mol. The predicted octanol–water partition coefficient (Wildman–Crippen LogP) is -1.53. The maximum atomic E-state index is 11.2. The van der Waals surface area contributed by atoms with E-state index in [0.29, 0.717) is 0 Å². The number of hydrogen-bond acceptors (Lipinski definition) is 4. The molecule has 0 spiro atoms. The zero-order chi connectivity index (χ0) is 12.2. The van der Waals surface area contributed by atoms with E-state index < -0.39 is 33.0 Å². The van der Waals surface area contributed by atoms with Gasteiger partial charge in [0.15, 0.2) is 0 Å². The van der Waals surface area contributed by atoms with Crippen LogP contribution in [0, 0.1) is 5.92 Å². The zero-order valence-corrected chi connectivity index (χ0v) is 9.59. The van der Waals surface area contributed by atoms with Crippen molar-refractivity contribution in [2.45, 2.75) is 26.0 Å². The second-order valence-corrected chi connectivity index (χ2v) is 5.55.